The van der Waals surface area contributed by atoms with Crippen LogP contribution < -0.4 is 4.90 Å². The molecule has 0 radical (unpaired) electrons. The Morgan fingerprint density at radius 2 is 2.32 bits per heavy atom. The SMILES string of the molecule is CC(O)c1cccnc1N1CC(CO)OC(C)(C)C1. The standard InChI is InChI=1S/C14H22N2O3/c1-10(18)12-5-4-6-15-13(12)16-7-11(8-17)19-14(2,3)9-16/h4-6,10-11,17-18H,7-9H2,1-3H3. The molecule has 0 aromatic carbocycles. The fourth-order valence-corrected chi connectivity index (χ4v) is 2.55. The fraction of sp³-hybridized carbons (Fsp3) is 0.643. The van der Waals surface area contributed by atoms with Crippen LogP contribution in [-0.2, 0) is 4.74 Å². The second kappa shape index (κ2) is 5.45. The molecule has 2 N–H and O–H groups in total. The van der Waals surface area contributed by atoms with E-state index in [0.29, 0.717) is 13.1 Å². The molecule has 0 aliphatic carbocycles. The number of hydrogen-bond donors (Lipinski definition) is 2. The molecular formula is C14H22N2O3. The molecule has 1 aromatic rings. The highest BCUT2D eigenvalue weighted by atomic mass is 16.5. The van der Waals surface area contributed by atoms with Crippen LogP contribution in [0.4, 0.5) is 5.82 Å². The van der Waals surface area contributed by atoms with Gasteiger partial charge >= 0.3 is 0 Å². The average molecular weight is 266 g/mol. The van der Waals surface area contributed by atoms with E-state index in [9.17, 15) is 10.2 Å². The Kier molecular flexibility index (Phi) is 4.08. The molecule has 5 heteroatoms. The Labute approximate surface area is 113 Å². The molecule has 2 unspecified atom stereocenters. The van der Waals surface area contributed by atoms with Gasteiger partial charge in [0.2, 0.25) is 0 Å². The van der Waals surface area contributed by atoms with Crippen LogP contribution in [0.3, 0.4) is 0 Å². The highest BCUT2D eigenvalue weighted by Gasteiger charge is 2.34. The molecular weight excluding hydrogens is 244 g/mol. The van der Waals surface area contributed by atoms with Crippen LogP contribution in [0.5, 0.6) is 0 Å². The molecule has 1 saturated heterocycles. The molecule has 0 bridgehead atoms. The van der Waals surface area contributed by atoms with E-state index in [4.69, 9.17) is 4.74 Å². The van der Waals surface area contributed by atoms with Gasteiger partial charge in [0.1, 0.15) is 5.82 Å². The van der Waals surface area contributed by atoms with Gasteiger partial charge in [-0.25, -0.2) is 4.98 Å². The Hall–Kier alpha value is -1.17. The van der Waals surface area contributed by atoms with Crippen molar-refractivity contribution >= 4 is 5.82 Å². The number of aliphatic hydroxyl groups excluding tert-OH is 2. The summed E-state index contributed by atoms with van der Waals surface area (Å²) in [5, 5.41) is 19.2. The number of aliphatic hydroxyl groups is 2. The Morgan fingerprint density at radius 3 is 2.95 bits per heavy atom. The van der Waals surface area contributed by atoms with E-state index in [1.54, 1.807) is 13.1 Å². The summed E-state index contributed by atoms with van der Waals surface area (Å²) in [4.78, 5) is 6.46. The molecule has 106 valence electrons. The van der Waals surface area contributed by atoms with Gasteiger partial charge in [-0.3, -0.25) is 0 Å². The van der Waals surface area contributed by atoms with Gasteiger partial charge in [0.15, 0.2) is 0 Å². The summed E-state index contributed by atoms with van der Waals surface area (Å²) in [5.41, 5.74) is 0.455. The topological polar surface area (TPSA) is 65.8 Å². The molecule has 2 atom stereocenters. The van der Waals surface area contributed by atoms with E-state index >= 15 is 0 Å². The van der Waals surface area contributed by atoms with E-state index in [2.05, 4.69) is 9.88 Å². The third-order valence-electron chi connectivity index (χ3n) is 3.25. The zero-order valence-corrected chi connectivity index (χ0v) is 11.7. The Balaban J connectivity index is 2.30. The van der Waals surface area contributed by atoms with E-state index in [1.807, 2.05) is 26.0 Å². The molecule has 19 heavy (non-hydrogen) atoms. The molecule has 2 heterocycles. The van der Waals surface area contributed by atoms with Crippen LogP contribution in [0.1, 0.15) is 32.4 Å². The van der Waals surface area contributed by atoms with Crippen molar-refractivity contribution in [3.63, 3.8) is 0 Å². The lowest BCUT2D eigenvalue weighted by Crippen LogP contribution is -2.54. The van der Waals surface area contributed by atoms with Crippen LogP contribution in [0.15, 0.2) is 18.3 Å². The monoisotopic (exact) mass is 266 g/mol. The molecule has 1 aliphatic heterocycles. The maximum absolute atomic E-state index is 9.84. The maximum Gasteiger partial charge on any atom is 0.134 e. The van der Waals surface area contributed by atoms with Crippen LogP contribution >= 0.6 is 0 Å². The lowest BCUT2D eigenvalue weighted by molar-refractivity contribution is -0.101. The largest absolute Gasteiger partial charge is 0.394 e. The predicted molar refractivity (Wildman–Crippen MR) is 73.1 cm³/mol. The average Bonchev–Trinajstić information content (AvgIpc) is 2.36. The summed E-state index contributed by atoms with van der Waals surface area (Å²) in [6, 6.07) is 3.70. The van der Waals surface area contributed by atoms with Gasteiger partial charge in [-0.1, -0.05) is 6.07 Å². The zero-order valence-electron chi connectivity index (χ0n) is 11.7. The number of anilines is 1. The van der Waals surface area contributed by atoms with E-state index in [0.717, 1.165) is 11.4 Å². The summed E-state index contributed by atoms with van der Waals surface area (Å²) < 4.78 is 5.79. The summed E-state index contributed by atoms with van der Waals surface area (Å²) in [7, 11) is 0. The van der Waals surface area contributed by atoms with Crippen molar-refractivity contribution in [1.82, 2.24) is 4.98 Å². The molecule has 5 nitrogen and oxygen atoms in total. The molecule has 1 fully saturated rings. The van der Waals surface area contributed by atoms with E-state index in [1.165, 1.54) is 0 Å². The molecule has 0 saturated carbocycles. The summed E-state index contributed by atoms with van der Waals surface area (Å²) in [6.45, 7) is 6.96. The summed E-state index contributed by atoms with van der Waals surface area (Å²) >= 11 is 0. The van der Waals surface area contributed by atoms with Crippen LogP contribution in [-0.4, -0.2) is 46.6 Å². The zero-order chi connectivity index (χ0) is 14.0. The Morgan fingerprint density at radius 1 is 1.58 bits per heavy atom. The number of morpholine rings is 1. The minimum Gasteiger partial charge on any atom is -0.394 e. The van der Waals surface area contributed by atoms with E-state index < -0.39 is 6.10 Å². The third-order valence-corrected chi connectivity index (χ3v) is 3.25. The van der Waals surface area contributed by atoms with Gasteiger partial charge in [0.25, 0.3) is 0 Å². The van der Waals surface area contributed by atoms with Gasteiger partial charge < -0.3 is 19.8 Å². The number of aromatic nitrogens is 1. The minimum absolute atomic E-state index is 0.0171. The van der Waals surface area contributed by atoms with Gasteiger partial charge in [0, 0.05) is 24.8 Å². The van der Waals surface area contributed by atoms with Gasteiger partial charge in [0.05, 0.1) is 24.4 Å². The minimum atomic E-state index is -0.567. The lowest BCUT2D eigenvalue weighted by atomic mass is 10.0. The molecule has 1 aromatic heterocycles. The first-order valence-electron chi connectivity index (χ1n) is 6.59. The van der Waals surface area contributed by atoms with Crippen molar-refractivity contribution in [1.29, 1.82) is 0 Å². The summed E-state index contributed by atoms with van der Waals surface area (Å²) in [5.74, 6) is 0.771. The number of hydrogen-bond acceptors (Lipinski definition) is 5. The van der Waals surface area contributed by atoms with Gasteiger partial charge in [-0.05, 0) is 26.8 Å². The summed E-state index contributed by atoms with van der Waals surface area (Å²) in [6.07, 6.45) is 0.923. The number of ether oxygens (including phenoxy) is 1. The van der Waals surface area contributed by atoms with Crippen molar-refractivity contribution in [2.45, 2.75) is 38.6 Å². The highest BCUT2D eigenvalue weighted by Crippen LogP contribution is 2.29. The first-order valence-corrected chi connectivity index (χ1v) is 6.59. The fourth-order valence-electron chi connectivity index (χ4n) is 2.55. The van der Waals surface area contributed by atoms with Crippen LogP contribution in [0.25, 0.3) is 0 Å². The Bertz CT molecular complexity index is 434. The first-order chi connectivity index (χ1) is 8.93. The van der Waals surface area contributed by atoms with Crippen LogP contribution in [0.2, 0.25) is 0 Å². The molecule has 1 aliphatic rings. The second-order valence-corrected chi connectivity index (χ2v) is 5.65. The smallest absolute Gasteiger partial charge is 0.134 e. The van der Waals surface area contributed by atoms with Gasteiger partial charge in [-0.2, -0.15) is 0 Å². The van der Waals surface area contributed by atoms with Crippen LogP contribution in [0, 0.1) is 0 Å². The molecule has 2 rings (SSSR count). The molecule has 0 spiro atoms. The van der Waals surface area contributed by atoms with Crippen molar-refractivity contribution in [3.05, 3.63) is 23.9 Å². The number of pyridine rings is 1. The number of rotatable bonds is 3. The second-order valence-electron chi connectivity index (χ2n) is 5.65. The van der Waals surface area contributed by atoms with Crippen molar-refractivity contribution in [2.75, 3.05) is 24.6 Å². The molecule has 0 amide bonds. The number of nitrogens with zero attached hydrogens (tertiary/aromatic N) is 2. The third kappa shape index (κ3) is 3.23. The first kappa shape index (κ1) is 14.2. The van der Waals surface area contributed by atoms with Crippen molar-refractivity contribution in [3.8, 4) is 0 Å². The van der Waals surface area contributed by atoms with Crippen molar-refractivity contribution < 1.29 is 14.9 Å². The van der Waals surface area contributed by atoms with Crippen molar-refractivity contribution in [2.24, 2.45) is 0 Å². The van der Waals surface area contributed by atoms with E-state index in [-0.39, 0.29) is 18.3 Å². The highest BCUT2D eigenvalue weighted by molar-refractivity contribution is 5.48. The quantitative estimate of drug-likeness (QED) is 0.858. The maximum atomic E-state index is 9.84. The normalized spacial score (nSPS) is 24.3. The van der Waals surface area contributed by atoms with Gasteiger partial charge in [-0.15, -0.1) is 0 Å². The lowest BCUT2D eigenvalue weighted by Gasteiger charge is -2.43. The predicted octanol–water partition coefficient (Wildman–Crippen LogP) is 1.11.